The lowest BCUT2D eigenvalue weighted by atomic mass is 9.96. The van der Waals surface area contributed by atoms with Gasteiger partial charge in [-0.2, -0.15) is 0 Å². The number of anilines is 1. The smallest absolute Gasteiger partial charge is 0.136 e. The molecule has 3 nitrogen and oxygen atoms in total. The van der Waals surface area contributed by atoms with E-state index >= 15 is 0 Å². The Hall–Kier alpha value is -1.87. The minimum atomic E-state index is 1.02. The molecule has 2 heterocycles. The van der Waals surface area contributed by atoms with Gasteiger partial charge in [0.05, 0.1) is 0 Å². The monoisotopic (exact) mass is 267 g/mol. The number of pyridine rings is 1. The van der Waals surface area contributed by atoms with Gasteiger partial charge < -0.3 is 10.2 Å². The number of benzene rings is 1. The SMILES string of the molecule is Cc1cccc(C)c1-c1cccnc1N1CCNCC1. The van der Waals surface area contributed by atoms with E-state index in [0.29, 0.717) is 0 Å². The van der Waals surface area contributed by atoms with E-state index in [-0.39, 0.29) is 0 Å². The first kappa shape index (κ1) is 13.1. The number of piperazine rings is 1. The molecule has 0 atom stereocenters. The maximum absolute atomic E-state index is 4.66. The third kappa shape index (κ3) is 2.41. The number of hydrogen-bond acceptors (Lipinski definition) is 3. The molecule has 2 aromatic rings. The average molecular weight is 267 g/mol. The second-order valence-corrected chi connectivity index (χ2v) is 5.38. The summed E-state index contributed by atoms with van der Waals surface area (Å²) in [7, 11) is 0. The van der Waals surface area contributed by atoms with Crippen LogP contribution in [0.15, 0.2) is 36.5 Å². The highest BCUT2D eigenvalue weighted by Gasteiger charge is 2.17. The Balaban J connectivity index is 2.10. The number of rotatable bonds is 2. The standard InChI is InChI=1S/C17H21N3/c1-13-5-3-6-14(2)16(13)15-7-4-8-19-17(15)20-11-9-18-10-12-20/h3-8,18H,9-12H2,1-2H3. The maximum atomic E-state index is 4.66. The Morgan fingerprint density at radius 1 is 1.00 bits per heavy atom. The van der Waals surface area contributed by atoms with Crippen molar-refractivity contribution in [1.29, 1.82) is 0 Å². The third-order valence-corrected chi connectivity index (χ3v) is 3.95. The van der Waals surface area contributed by atoms with Crippen LogP contribution < -0.4 is 10.2 Å². The van der Waals surface area contributed by atoms with Crippen molar-refractivity contribution in [2.24, 2.45) is 0 Å². The van der Waals surface area contributed by atoms with E-state index in [1.54, 1.807) is 0 Å². The van der Waals surface area contributed by atoms with Gasteiger partial charge >= 0.3 is 0 Å². The normalized spacial score (nSPS) is 15.4. The minimum Gasteiger partial charge on any atom is -0.354 e. The first-order valence-corrected chi connectivity index (χ1v) is 7.24. The predicted octanol–water partition coefficient (Wildman–Crippen LogP) is 2.78. The Labute approximate surface area is 120 Å². The van der Waals surface area contributed by atoms with Gasteiger partial charge in [0.1, 0.15) is 5.82 Å². The fourth-order valence-corrected chi connectivity index (χ4v) is 2.96. The highest BCUT2D eigenvalue weighted by Crippen LogP contribution is 2.33. The molecule has 0 amide bonds. The van der Waals surface area contributed by atoms with Crippen molar-refractivity contribution in [3.8, 4) is 11.1 Å². The molecular formula is C17H21N3. The molecule has 104 valence electrons. The Morgan fingerprint density at radius 3 is 2.40 bits per heavy atom. The lowest BCUT2D eigenvalue weighted by Gasteiger charge is -2.30. The second-order valence-electron chi connectivity index (χ2n) is 5.38. The predicted molar refractivity (Wildman–Crippen MR) is 84.2 cm³/mol. The molecule has 3 rings (SSSR count). The molecule has 1 aliphatic heterocycles. The molecule has 1 aliphatic rings. The van der Waals surface area contributed by atoms with Crippen LogP contribution in [0.5, 0.6) is 0 Å². The van der Waals surface area contributed by atoms with Crippen molar-refractivity contribution in [1.82, 2.24) is 10.3 Å². The quantitative estimate of drug-likeness (QED) is 0.907. The van der Waals surface area contributed by atoms with Crippen LogP contribution in [0.4, 0.5) is 5.82 Å². The van der Waals surface area contributed by atoms with Crippen LogP contribution in [0.2, 0.25) is 0 Å². The van der Waals surface area contributed by atoms with Gasteiger partial charge in [-0.05, 0) is 42.7 Å². The molecule has 0 unspecified atom stereocenters. The number of hydrogen-bond donors (Lipinski definition) is 1. The van der Waals surface area contributed by atoms with Gasteiger partial charge in [0.15, 0.2) is 0 Å². The molecule has 0 aliphatic carbocycles. The molecule has 1 aromatic carbocycles. The van der Waals surface area contributed by atoms with Crippen LogP contribution in [-0.2, 0) is 0 Å². The first-order chi connectivity index (χ1) is 9.77. The van der Waals surface area contributed by atoms with Gasteiger partial charge in [0.2, 0.25) is 0 Å². The summed E-state index contributed by atoms with van der Waals surface area (Å²) in [5.74, 6) is 1.12. The topological polar surface area (TPSA) is 28.2 Å². The summed E-state index contributed by atoms with van der Waals surface area (Å²) < 4.78 is 0. The molecule has 20 heavy (non-hydrogen) atoms. The number of nitrogens with zero attached hydrogens (tertiary/aromatic N) is 2. The van der Waals surface area contributed by atoms with Crippen LogP contribution in [0.1, 0.15) is 11.1 Å². The molecule has 1 saturated heterocycles. The lowest BCUT2D eigenvalue weighted by molar-refractivity contribution is 0.585. The number of nitrogens with one attached hydrogen (secondary N) is 1. The summed E-state index contributed by atoms with van der Waals surface area (Å²) in [6.45, 7) is 8.46. The minimum absolute atomic E-state index is 1.02. The van der Waals surface area contributed by atoms with Crippen LogP contribution in [0.25, 0.3) is 11.1 Å². The third-order valence-electron chi connectivity index (χ3n) is 3.95. The molecule has 0 radical (unpaired) electrons. The van der Waals surface area contributed by atoms with Gasteiger partial charge in [0, 0.05) is 37.9 Å². The van der Waals surface area contributed by atoms with E-state index in [0.717, 1.165) is 32.0 Å². The van der Waals surface area contributed by atoms with E-state index in [4.69, 9.17) is 0 Å². The van der Waals surface area contributed by atoms with Crippen LogP contribution >= 0.6 is 0 Å². The van der Waals surface area contributed by atoms with Gasteiger partial charge in [0.25, 0.3) is 0 Å². The maximum Gasteiger partial charge on any atom is 0.136 e. The molecule has 1 N–H and O–H groups in total. The van der Waals surface area contributed by atoms with Crippen molar-refractivity contribution in [3.63, 3.8) is 0 Å². The fraction of sp³-hybridized carbons (Fsp3) is 0.353. The van der Waals surface area contributed by atoms with Crippen molar-refractivity contribution >= 4 is 5.82 Å². The zero-order chi connectivity index (χ0) is 13.9. The molecular weight excluding hydrogens is 246 g/mol. The number of aryl methyl sites for hydroxylation is 2. The molecule has 1 aromatic heterocycles. The summed E-state index contributed by atoms with van der Waals surface area (Å²) in [6, 6.07) is 10.7. The largest absolute Gasteiger partial charge is 0.354 e. The Bertz CT molecular complexity index is 581. The van der Waals surface area contributed by atoms with Crippen LogP contribution in [0, 0.1) is 13.8 Å². The van der Waals surface area contributed by atoms with Gasteiger partial charge in [-0.15, -0.1) is 0 Å². The number of aromatic nitrogens is 1. The molecule has 1 fully saturated rings. The lowest BCUT2D eigenvalue weighted by Crippen LogP contribution is -2.44. The highest BCUT2D eigenvalue weighted by molar-refractivity contribution is 5.80. The van der Waals surface area contributed by atoms with Gasteiger partial charge in [-0.25, -0.2) is 4.98 Å². The van der Waals surface area contributed by atoms with E-state index in [9.17, 15) is 0 Å². The molecule has 0 spiro atoms. The highest BCUT2D eigenvalue weighted by atomic mass is 15.2. The summed E-state index contributed by atoms with van der Waals surface area (Å²) in [5, 5.41) is 3.40. The van der Waals surface area contributed by atoms with Crippen LogP contribution in [0.3, 0.4) is 0 Å². The average Bonchev–Trinajstić information content (AvgIpc) is 2.48. The fourth-order valence-electron chi connectivity index (χ4n) is 2.96. The summed E-state index contributed by atoms with van der Waals surface area (Å²) >= 11 is 0. The second kappa shape index (κ2) is 5.63. The Morgan fingerprint density at radius 2 is 1.70 bits per heavy atom. The van der Waals surface area contributed by atoms with Gasteiger partial charge in [-0.3, -0.25) is 0 Å². The summed E-state index contributed by atoms with van der Waals surface area (Å²) in [4.78, 5) is 7.05. The molecule has 0 bridgehead atoms. The van der Waals surface area contributed by atoms with E-state index in [1.165, 1.54) is 22.3 Å². The van der Waals surface area contributed by atoms with Crippen molar-refractivity contribution in [2.45, 2.75) is 13.8 Å². The zero-order valence-corrected chi connectivity index (χ0v) is 12.2. The first-order valence-electron chi connectivity index (χ1n) is 7.24. The molecule has 0 saturated carbocycles. The van der Waals surface area contributed by atoms with Crippen molar-refractivity contribution < 1.29 is 0 Å². The summed E-state index contributed by atoms with van der Waals surface area (Å²) in [5.41, 5.74) is 5.21. The van der Waals surface area contributed by atoms with Crippen molar-refractivity contribution in [2.75, 3.05) is 31.1 Å². The summed E-state index contributed by atoms with van der Waals surface area (Å²) in [6.07, 6.45) is 1.90. The van der Waals surface area contributed by atoms with Gasteiger partial charge in [-0.1, -0.05) is 18.2 Å². The molecule has 3 heteroatoms. The van der Waals surface area contributed by atoms with E-state index in [2.05, 4.69) is 53.3 Å². The van der Waals surface area contributed by atoms with Crippen LogP contribution in [-0.4, -0.2) is 31.2 Å². The van der Waals surface area contributed by atoms with Crippen molar-refractivity contribution in [3.05, 3.63) is 47.7 Å². The van der Waals surface area contributed by atoms with E-state index < -0.39 is 0 Å². The zero-order valence-electron chi connectivity index (χ0n) is 12.2. The Kier molecular flexibility index (Phi) is 3.70. The van der Waals surface area contributed by atoms with E-state index in [1.807, 2.05) is 12.3 Å².